The maximum absolute atomic E-state index is 9.55. The molecule has 0 atom stereocenters. The summed E-state index contributed by atoms with van der Waals surface area (Å²) in [5, 5.41) is 30.4. The maximum Gasteiger partial charge on any atom is 0.414 e. The molecule has 0 aliphatic heterocycles. The lowest BCUT2D eigenvalue weighted by molar-refractivity contribution is -0.159. The number of carboxylic acid groups (broad SMARTS) is 4. The van der Waals surface area contributed by atoms with Gasteiger partial charge in [-0.3, -0.25) is 0 Å². The maximum atomic E-state index is 9.55. The molecule has 9 nitrogen and oxygen atoms in total. The van der Waals surface area contributed by atoms with Crippen LogP contribution in [0.25, 0.3) is 0 Å². The molecule has 0 rings (SSSR count). The minimum absolute atomic E-state index is 0.558. The summed E-state index contributed by atoms with van der Waals surface area (Å²) in [6.07, 6.45) is 2.21. The molecule has 0 amide bonds. The number of carbonyl (C=O) groups is 4. The zero-order valence-electron chi connectivity index (χ0n) is 9.57. The summed E-state index contributed by atoms with van der Waals surface area (Å²) in [6, 6.07) is 0. The highest BCUT2D eigenvalue weighted by atomic mass is 16.4. The van der Waals surface area contributed by atoms with Crippen molar-refractivity contribution in [2.24, 2.45) is 5.73 Å². The number of hydrogen-bond donors (Lipinski definition) is 5. The van der Waals surface area contributed by atoms with E-state index in [9.17, 15) is 9.59 Å². The van der Waals surface area contributed by atoms with E-state index in [4.69, 9.17) is 35.7 Å². The zero-order valence-corrected chi connectivity index (χ0v) is 9.57. The van der Waals surface area contributed by atoms with E-state index in [1.807, 2.05) is 0 Å². The molecular formula is C9H15NO8. The van der Waals surface area contributed by atoms with Gasteiger partial charge < -0.3 is 26.2 Å². The van der Waals surface area contributed by atoms with Gasteiger partial charge in [0.05, 0.1) is 0 Å². The molecule has 0 aromatic carbocycles. The van der Waals surface area contributed by atoms with Gasteiger partial charge in [0.15, 0.2) is 0 Å². The summed E-state index contributed by atoms with van der Waals surface area (Å²) < 4.78 is 0. The zero-order chi connectivity index (χ0) is 15.1. The highest BCUT2D eigenvalue weighted by molar-refractivity contribution is 6.27. The third-order valence-corrected chi connectivity index (χ3v) is 0.840. The van der Waals surface area contributed by atoms with Crippen LogP contribution in [0.4, 0.5) is 0 Å². The monoisotopic (exact) mass is 265 g/mol. The standard InChI is InChI=1S/C4H4O4.C3H9N.C2H2O4/c5-3(6)1-2-4(7)8;1-2-3-4;3-1(4)2(5)6/h1-2H,(H,5,6)(H,7,8);2-4H2,1H3;(H,3,4)(H,5,6)/b2-1-;;. The van der Waals surface area contributed by atoms with Crippen molar-refractivity contribution in [3.63, 3.8) is 0 Å². The second kappa shape index (κ2) is 14.6. The van der Waals surface area contributed by atoms with Crippen LogP contribution in [-0.4, -0.2) is 50.8 Å². The second-order valence-electron chi connectivity index (χ2n) is 2.41. The first-order valence-electron chi connectivity index (χ1n) is 4.49. The normalized spacial score (nSPS) is 8.33. The third kappa shape index (κ3) is 37.4. The highest BCUT2D eigenvalue weighted by Crippen LogP contribution is 1.70. The van der Waals surface area contributed by atoms with Crippen molar-refractivity contribution in [2.45, 2.75) is 13.3 Å². The van der Waals surface area contributed by atoms with E-state index in [1.54, 1.807) is 0 Å². The fraction of sp³-hybridized carbons (Fsp3) is 0.333. The van der Waals surface area contributed by atoms with Crippen molar-refractivity contribution in [3.8, 4) is 0 Å². The number of hydrogen-bond acceptors (Lipinski definition) is 5. The number of nitrogens with two attached hydrogens (primary N) is 1. The molecular weight excluding hydrogens is 250 g/mol. The quantitative estimate of drug-likeness (QED) is 0.323. The van der Waals surface area contributed by atoms with Crippen LogP contribution in [-0.2, 0) is 19.2 Å². The van der Waals surface area contributed by atoms with Crippen LogP contribution in [0.5, 0.6) is 0 Å². The van der Waals surface area contributed by atoms with Crippen molar-refractivity contribution >= 4 is 23.9 Å². The predicted octanol–water partition coefficient (Wildman–Crippen LogP) is -0.777. The lowest BCUT2D eigenvalue weighted by Crippen LogP contribution is -2.09. The topological polar surface area (TPSA) is 175 Å². The van der Waals surface area contributed by atoms with Gasteiger partial charge in [0.1, 0.15) is 0 Å². The first kappa shape index (κ1) is 20.9. The Balaban J connectivity index is -0.000000200. The van der Waals surface area contributed by atoms with Gasteiger partial charge in [0, 0.05) is 12.2 Å². The van der Waals surface area contributed by atoms with Crippen molar-refractivity contribution in [3.05, 3.63) is 12.2 Å². The summed E-state index contributed by atoms with van der Waals surface area (Å²) in [7, 11) is 0. The fourth-order valence-electron chi connectivity index (χ4n) is 0.143. The lowest BCUT2D eigenvalue weighted by atomic mass is 10.5. The van der Waals surface area contributed by atoms with Gasteiger partial charge in [0.2, 0.25) is 0 Å². The lowest BCUT2D eigenvalue weighted by Gasteiger charge is -1.74. The molecule has 104 valence electrons. The molecule has 9 heteroatoms. The number of carboxylic acids is 4. The fourth-order valence-corrected chi connectivity index (χ4v) is 0.143. The molecule has 0 heterocycles. The van der Waals surface area contributed by atoms with Crippen LogP contribution >= 0.6 is 0 Å². The van der Waals surface area contributed by atoms with Crippen molar-refractivity contribution < 1.29 is 39.6 Å². The largest absolute Gasteiger partial charge is 0.478 e. The average Bonchev–Trinajstić information content (AvgIpc) is 2.27. The molecule has 6 N–H and O–H groups in total. The van der Waals surface area contributed by atoms with Crippen LogP contribution in [0.1, 0.15) is 13.3 Å². The molecule has 0 aliphatic carbocycles. The van der Waals surface area contributed by atoms with E-state index in [0.29, 0.717) is 12.2 Å². The molecule has 0 saturated carbocycles. The Labute approximate surface area is 102 Å². The molecule has 0 bridgehead atoms. The van der Waals surface area contributed by atoms with Crippen LogP contribution < -0.4 is 5.73 Å². The van der Waals surface area contributed by atoms with E-state index >= 15 is 0 Å². The molecule has 0 aromatic heterocycles. The van der Waals surface area contributed by atoms with Crippen LogP contribution in [0, 0.1) is 0 Å². The van der Waals surface area contributed by atoms with Crippen LogP contribution in [0.3, 0.4) is 0 Å². The molecule has 18 heavy (non-hydrogen) atoms. The Morgan fingerprint density at radius 2 is 1.11 bits per heavy atom. The SMILES string of the molecule is CCCN.O=C(O)/C=C\C(=O)O.O=C(O)C(=O)O. The Morgan fingerprint density at radius 3 is 1.17 bits per heavy atom. The second-order valence-corrected chi connectivity index (χ2v) is 2.41. The van der Waals surface area contributed by atoms with Gasteiger partial charge in [-0.05, 0) is 13.0 Å². The van der Waals surface area contributed by atoms with E-state index in [0.717, 1.165) is 13.0 Å². The van der Waals surface area contributed by atoms with Gasteiger partial charge in [-0.15, -0.1) is 0 Å². The Morgan fingerprint density at radius 1 is 0.889 bits per heavy atom. The smallest absolute Gasteiger partial charge is 0.414 e. The molecule has 0 aromatic rings. The van der Waals surface area contributed by atoms with Crippen LogP contribution in [0.2, 0.25) is 0 Å². The van der Waals surface area contributed by atoms with Gasteiger partial charge in [-0.1, -0.05) is 6.92 Å². The molecule has 0 aliphatic rings. The van der Waals surface area contributed by atoms with Gasteiger partial charge >= 0.3 is 23.9 Å². The summed E-state index contributed by atoms with van der Waals surface area (Å²) in [6.45, 7) is 2.88. The van der Waals surface area contributed by atoms with Gasteiger partial charge in [-0.2, -0.15) is 0 Å². The molecule has 0 fully saturated rings. The first-order chi connectivity index (χ1) is 8.18. The summed E-state index contributed by atoms with van der Waals surface area (Å²) in [5.74, 6) is -6.16. The summed E-state index contributed by atoms with van der Waals surface area (Å²) in [4.78, 5) is 37.3. The molecule has 0 saturated heterocycles. The molecule has 0 radical (unpaired) electrons. The van der Waals surface area contributed by atoms with Crippen LogP contribution in [0.15, 0.2) is 12.2 Å². The number of rotatable bonds is 3. The van der Waals surface area contributed by atoms with Gasteiger partial charge in [0.25, 0.3) is 0 Å². The summed E-state index contributed by atoms with van der Waals surface area (Å²) in [5.41, 5.74) is 5.03. The van der Waals surface area contributed by atoms with E-state index in [-0.39, 0.29) is 0 Å². The van der Waals surface area contributed by atoms with E-state index in [1.165, 1.54) is 0 Å². The predicted molar refractivity (Wildman–Crippen MR) is 59.0 cm³/mol. The van der Waals surface area contributed by atoms with Crippen molar-refractivity contribution in [1.29, 1.82) is 0 Å². The first-order valence-corrected chi connectivity index (χ1v) is 4.49. The molecule has 0 unspecified atom stereocenters. The van der Waals surface area contributed by atoms with Crippen molar-refractivity contribution in [2.75, 3.05) is 6.54 Å². The molecule has 0 spiro atoms. The average molecular weight is 265 g/mol. The minimum Gasteiger partial charge on any atom is -0.478 e. The highest BCUT2D eigenvalue weighted by Gasteiger charge is 2.04. The Kier molecular flexibility index (Phi) is 17.0. The number of aliphatic carboxylic acids is 4. The Hall–Kier alpha value is -2.42. The van der Waals surface area contributed by atoms with E-state index in [2.05, 4.69) is 6.92 Å². The minimum atomic E-state index is -1.82. The van der Waals surface area contributed by atoms with Crippen molar-refractivity contribution in [1.82, 2.24) is 0 Å². The van der Waals surface area contributed by atoms with E-state index < -0.39 is 23.9 Å². The van der Waals surface area contributed by atoms with Gasteiger partial charge in [-0.25, -0.2) is 19.2 Å². The summed E-state index contributed by atoms with van der Waals surface area (Å²) >= 11 is 0. The Bertz CT molecular complexity index is 280. The third-order valence-electron chi connectivity index (χ3n) is 0.840.